The van der Waals surface area contributed by atoms with Gasteiger partial charge in [-0.1, -0.05) is 43.2 Å². The zero-order chi connectivity index (χ0) is 25.9. The van der Waals surface area contributed by atoms with Gasteiger partial charge < -0.3 is 10.2 Å². The van der Waals surface area contributed by atoms with Crippen molar-refractivity contribution in [2.24, 2.45) is 0 Å². The lowest BCUT2D eigenvalue weighted by atomic mass is 10.1. The highest BCUT2D eigenvalue weighted by atomic mass is 32.2. The van der Waals surface area contributed by atoms with Crippen molar-refractivity contribution in [3.05, 3.63) is 77.4 Å². The van der Waals surface area contributed by atoms with E-state index in [1.807, 2.05) is 0 Å². The molecule has 3 aromatic rings. The largest absolute Gasteiger partial charge is 0.337 e. The van der Waals surface area contributed by atoms with Crippen molar-refractivity contribution in [1.82, 2.24) is 18.5 Å². The summed E-state index contributed by atoms with van der Waals surface area (Å²) in [4.78, 5) is 28.2. The number of halogens is 1. The van der Waals surface area contributed by atoms with Crippen LogP contribution in [-0.2, 0) is 15.0 Å². The molecule has 190 valence electrons. The van der Waals surface area contributed by atoms with Gasteiger partial charge in [0.05, 0.1) is 11.1 Å². The van der Waals surface area contributed by atoms with Gasteiger partial charge in [0.1, 0.15) is 11.5 Å². The van der Waals surface area contributed by atoms with Crippen LogP contribution in [0.15, 0.2) is 60.4 Å². The first kappa shape index (κ1) is 25.6. The number of nitrogens with one attached hydrogen (secondary N) is 1. The highest BCUT2D eigenvalue weighted by Crippen LogP contribution is 2.26. The Morgan fingerprint density at radius 2 is 1.61 bits per heavy atom. The number of para-hydroxylation sites is 1. The van der Waals surface area contributed by atoms with Crippen molar-refractivity contribution in [3.63, 3.8) is 0 Å². The standard InChI is InChI=1S/C26H29FN4O4S/c1-29(2)36(34,35)31-18-19(20-11-6-8-14-24(20)31)17-23(26(33)30-15-9-3-4-10-16-30)28-25(32)21-12-5-7-13-22(21)27/h5-8,11-14,17-18H,3-4,9-10,15-16H2,1-2H3,(H,28,32). The van der Waals surface area contributed by atoms with Gasteiger partial charge in [-0.15, -0.1) is 0 Å². The monoisotopic (exact) mass is 512 g/mol. The van der Waals surface area contributed by atoms with Crippen LogP contribution in [0.3, 0.4) is 0 Å². The molecule has 1 aliphatic rings. The number of benzene rings is 2. The molecule has 4 rings (SSSR count). The highest BCUT2D eigenvalue weighted by molar-refractivity contribution is 7.87. The van der Waals surface area contributed by atoms with Crippen LogP contribution < -0.4 is 5.32 Å². The molecule has 2 heterocycles. The van der Waals surface area contributed by atoms with E-state index in [-0.39, 0.29) is 11.3 Å². The van der Waals surface area contributed by atoms with Crippen molar-refractivity contribution in [1.29, 1.82) is 0 Å². The maximum atomic E-state index is 14.3. The zero-order valence-corrected chi connectivity index (χ0v) is 21.1. The van der Waals surface area contributed by atoms with Crippen LogP contribution in [-0.4, -0.2) is 60.6 Å². The minimum absolute atomic E-state index is 0.0460. The second kappa shape index (κ2) is 10.6. The van der Waals surface area contributed by atoms with E-state index < -0.39 is 27.8 Å². The first-order chi connectivity index (χ1) is 17.2. The van der Waals surface area contributed by atoms with Crippen LogP contribution in [0.4, 0.5) is 4.39 Å². The Bertz CT molecular complexity index is 1420. The summed E-state index contributed by atoms with van der Waals surface area (Å²) in [5.41, 5.74) is 0.627. The molecule has 1 saturated heterocycles. The van der Waals surface area contributed by atoms with Crippen LogP contribution in [0.25, 0.3) is 17.0 Å². The molecule has 0 aliphatic carbocycles. The Morgan fingerprint density at radius 1 is 0.972 bits per heavy atom. The van der Waals surface area contributed by atoms with Crippen LogP contribution in [0.2, 0.25) is 0 Å². The van der Waals surface area contributed by atoms with Crippen molar-refractivity contribution in [2.45, 2.75) is 25.7 Å². The lowest BCUT2D eigenvalue weighted by molar-refractivity contribution is -0.127. The van der Waals surface area contributed by atoms with E-state index >= 15 is 0 Å². The Labute approximate surface area is 210 Å². The molecule has 8 nitrogen and oxygen atoms in total. The third kappa shape index (κ3) is 5.19. The number of rotatable bonds is 6. The fraction of sp³-hybridized carbons (Fsp3) is 0.308. The van der Waals surface area contributed by atoms with Gasteiger partial charge in [-0.05, 0) is 37.1 Å². The van der Waals surface area contributed by atoms with Crippen LogP contribution >= 0.6 is 0 Å². The van der Waals surface area contributed by atoms with Gasteiger partial charge in [-0.25, -0.2) is 8.36 Å². The van der Waals surface area contributed by atoms with Crippen molar-refractivity contribution >= 4 is 39.0 Å². The van der Waals surface area contributed by atoms with Crippen LogP contribution in [0, 0.1) is 5.82 Å². The molecule has 36 heavy (non-hydrogen) atoms. The average molecular weight is 513 g/mol. The highest BCUT2D eigenvalue weighted by Gasteiger charge is 2.25. The third-order valence-corrected chi connectivity index (χ3v) is 7.93. The molecule has 1 fully saturated rings. The van der Waals surface area contributed by atoms with Crippen molar-refractivity contribution < 1.29 is 22.4 Å². The van der Waals surface area contributed by atoms with E-state index in [1.54, 1.807) is 29.2 Å². The average Bonchev–Trinajstić information content (AvgIpc) is 3.02. The minimum Gasteiger partial charge on any atom is -0.337 e. The summed E-state index contributed by atoms with van der Waals surface area (Å²) < 4.78 is 42.4. The predicted octanol–water partition coefficient (Wildman–Crippen LogP) is 3.61. The fourth-order valence-electron chi connectivity index (χ4n) is 4.24. The summed E-state index contributed by atoms with van der Waals surface area (Å²) in [6.07, 6.45) is 6.61. The molecule has 0 spiro atoms. The summed E-state index contributed by atoms with van der Waals surface area (Å²) in [6.45, 7) is 1.09. The van der Waals surface area contributed by atoms with Crippen LogP contribution in [0.5, 0.6) is 0 Å². The smallest absolute Gasteiger partial charge is 0.307 e. The van der Waals surface area contributed by atoms with Gasteiger partial charge >= 0.3 is 10.2 Å². The molecule has 0 unspecified atom stereocenters. The normalized spacial score (nSPS) is 15.2. The minimum atomic E-state index is -3.85. The third-order valence-electron chi connectivity index (χ3n) is 6.21. The summed E-state index contributed by atoms with van der Waals surface area (Å²) in [6, 6.07) is 12.4. The second-order valence-corrected chi connectivity index (χ2v) is 10.9. The molecule has 0 saturated carbocycles. The van der Waals surface area contributed by atoms with E-state index in [2.05, 4.69) is 5.32 Å². The Morgan fingerprint density at radius 3 is 2.28 bits per heavy atom. The number of nitrogens with zero attached hydrogens (tertiary/aromatic N) is 3. The molecule has 1 aliphatic heterocycles. The van der Waals surface area contributed by atoms with Crippen molar-refractivity contribution in [2.75, 3.05) is 27.2 Å². The number of fused-ring (bicyclic) bond motifs is 1. The maximum absolute atomic E-state index is 14.3. The summed E-state index contributed by atoms with van der Waals surface area (Å²) in [5.74, 6) is -1.86. The lowest BCUT2D eigenvalue weighted by Gasteiger charge is -2.22. The number of hydrogen-bond acceptors (Lipinski definition) is 4. The van der Waals surface area contributed by atoms with Gasteiger partial charge in [0.25, 0.3) is 11.8 Å². The molecule has 0 radical (unpaired) electrons. The van der Waals surface area contributed by atoms with Gasteiger partial charge in [0.2, 0.25) is 0 Å². The number of hydrogen-bond donors (Lipinski definition) is 1. The SMILES string of the molecule is CN(C)S(=O)(=O)n1cc(C=C(NC(=O)c2ccccc2F)C(=O)N2CCCCCC2)c2ccccc21. The van der Waals surface area contributed by atoms with E-state index in [4.69, 9.17) is 0 Å². The number of carbonyl (C=O) groups excluding carboxylic acids is 2. The van der Waals surface area contributed by atoms with Crippen molar-refractivity contribution in [3.8, 4) is 0 Å². The first-order valence-corrected chi connectivity index (χ1v) is 13.2. The second-order valence-electron chi connectivity index (χ2n) is 8.89. The number of likely N-dealkylation sites (tertiary alicyclic amines) is 1. The Balaban J connectivity index is 1.82. The Kier molecular flexibility index (Phi) is 7.56. The number of aromatic nitrogens is 1. The molecule has 0 atom stereocenters. The topological polar surface area (TPSA) is 91.7 Å². The zero-order valence-electron chi connectivity index (χ0n) is 20.3. The molecule has 0 bridgehead atoms. The molecular weight excluding hydrogens is 483 g/mol. The molecule has 2 amide bonds. The van der Waals surface area contributed by atoms with E-state index in [9.17, 15) is 22.4 Å². The fourth-order valence-corrected chi connectivity index (χ4v) is 5.25. The van der Waals surface area contributed by atoms with E-state index in [0.717, 1.165) is 34.0 Å². The van der Waals surface area contributed by atoms with Gasteiger partial charge in [-0.3, -0.25) is 9.59 Å². The summed E-state index contributed by atoms with van der Waals surface area (Å²) >= 11 is 0. The maximum Gasteiger partial charge on any atom is 0.307 e. The molecular formula is C26H29FN4O4S. The number of amides is 2. The molecule has 1 aromatic heterocycles. The summed E-state index contributed by atoms with van der Waals surface area (Å²) in [7, 11) is -0.981. The molecule has 10 heteroatoms. The Hall–Kier alpha value is -3.50. The summed E-state index contributed by atoms with van der Waals surface area (Å²) in [5, 5.41) is 3.18. The molecule has 1 N–H and O–H groups in total. The van der Waals surface area contributed by atoms with Gasteiger partial charge in [0, 0.05) is 44.3 Å². The number of carbonyl (C=O) groups is 2. The van der Waals surface area contributed by atoms with Gasteiger partial charge in [0.15, 0.2) is 0 Å². The van der Waals surface area contributed by atoms with Gasteiger partial charge in [-0.2, -0.15) is 12.7 Å². The predicted molar refractivity (Wildman–Crippen MR) is 137 cm³/mol. The van der Waals surface area contributed by atoms with E-state index in [0.29, 0.717) is 29.6 Å². The van der Waals surface area contributed by atoms with E-state index in [1.165, 1.54) is 50.6 Å². The lowest BCUT2D eigenvalue weighted by Crippen LogP contribution is -2.39. The quantitative estimate of drug-likeness (QED) is 0.511. The first-order valence-electron chi connectivity index (χ1n) is 11.8. The van der Waals surface area contributed by atoms with Crippen LogP contribution in [0.1, 0.15) is 41.6 Å². The molecule has 2 aromatic carbocycles.